The van der Waals surface area contributed by atoms with Crippen molar-refractivity contribution in [3.8, 4) is 17.3 Å². The molecule has 1 aromatic carbocycles. The van der Waals surface area contributed by atoms with E-state index in [9.17, 15) is 10.1 Å². The van der Waals surface area contributed by atoms with Gasteiger partial charge in [0.1, 0.15) is 17.9 Å². The first-order valence-corrected chi connectivity index (χ1v) is 7.28. The van der Waals surface area contributed by atoms with Gasteiger partial charge in [-0.2, -0.15) is 5.26 Å². The van der Waals surface area contributed by atoms with E-state index in [1.807, 2.05) is 31.2 Å². The van der Waals surface area contributed by atoms with Crippen molar-refractivity contribution in [3.63, 3.8) is 0 Å². The highest BCUT2D eigenvalue weighted by Gasteiger charge is 2.13. The maximum absolute atomic E-state index is 10.5. The lowest BCUT2D eigenvalue weighted by molar-refractivity contribution is -0.107. The summed E-state index contributed by atoms with van der Waals surface area (Å²) in [5.41, 5.74) is 5.44. The molecular weight excluding hydrogens is 290 g/mol. The maximum atomic E-state index is 10.5. The largest absolute Gasteiger partial charge is 0.303 e. The number of carbonyl (C=O) groups is 1. The van der Waals surface area contributed by atoms with E-state index in [1.54, 1.807) is 11.7 Å². The van der Waals surface area contributed by atoms with Crippen molar-refractivity contribution in [2.24, 2.45) is 7.05 Å². The molecule has 0 spiro atoms. The Bertz CT molecular complexity index is 936. The highest BCUT2D eigenvalue weighted by atomic mass is 16.1. The minimum absolute atomic E-state index is 0.272. The summed E-state index contributed by atoms with van der Waals surface area (Å²) in [4.78, 5) is 14.9. The van der Waals surface area contributed by atoms with Gasteiger partial charge in [-0.15, -0.1) is 5.10 Å². The third-order valence-corrected chi connectivity index (χ3v) is 3.88. The molecule has 0 N–H and O–H groups in total. The predicted molar refractivity (Wildman–Crippen MR) is 85.6 cm³/mol. The Kier molecular flexibility index (Phi) is 3.85. The van der Waals surface area contributed by atoms with Gasteiger partial charge in [-0.05, 0) is 36.6 Å². The van der Waals surface area contributed by atoms with E-state index in [0.717, 1.165) is 34.9 Å². The molecule has 0 fully saturated rings. The Morgan fingerprint density at radius 1 is 1.35 bits per heavy atom. The summed E-state index contributed by atoms with van der Waals surface area (Å²) in [7, 11) is 1.79. The molecule has 0 bridgehead atoms. The second kappa shape index (κ2) is 5.97. The highest BCUT2D eigenvalue weighted by Crippen LogP contribution is 2.25. The summed E-state index contributed by atoms with van der Waals surface area (Å²) in [6.07, 6.45) is 2.18. The van der Waals surface area contributed by atoms with Crippen LogP contribution < -0.4 is 0 Å². The fourth-order valence-electron chi connectivity index (χ4n) is 2.61. The summed E-state index contributed by atoms with van der Waals surface area (Å²) < 4.78 is 1.63. The van der Waals surface area contributed by atoms with E-state index in [0.29, 0.717) is 17.6 Å². The molecule has 0 amide bonds. The Hall–Kier alpha value is -3.07. The van der Waals surface area contributed by atoms with Crippen molar-refractivity contribution in [2.45, 2.75) is 19.8 Å². The minimum Gasteiger partial charge on any atom is -0.303 e. The number of nitrogens with zero attached hydrogens (tertiary/aromatic N) is 5. The van der Waals surface area contributed by atoms with Crippen molar-refractivity contribution in [2.75, 3.05) is 0 Å². The van der Waals surface area contributed by atoms with Crippen LogP contribution in [0.1, 0.15) is 23.2 Å². The van der Waals surface area contributed by atoms with Crippen LogP contribution in [0, 0.1) is 18.3 Å². The van der Waals surface area contributed by atoms with E-state index in [4.69, 9.17) is 0 Å². The molecule has 2 heterocycles. The van der Waals surface area contributed by atoms with Crippen molar-refractivity contribution in [3.05, 3.63) is 41.1 Å². The average Bonchev–Trinajstić information content (AvgIpc) is 2.94. The zero-order chi connectivity index (χ0) is 16.4. The van der Waals surface area contributed by atoms with Gasteiger partial charge in [0.05, 0.1) is 11.2 Å². The molecule has 0 atom stereocenters. The second-order valence-electron chi connectivity index (χ2n) is 5.40. The van der Waals surface area contributed by atoms with Gasteiger partial charge in [-0.3, -0.25) is 0 Å². The summed E-state index contributed by atoms with van der Waals surface area (Å²) in [5, 5.41) is 17.2. The van der Waals surface area contributed by atoms with Crippen LogP contribution in [0.2, 0.25) is 0 Å². The van der Waals surface area contributed by atoms with Crippen LogP contribution in [0.15, 0.2) is 24.3 Å². The highest BCUT2D eigenvalue weighted by molar-refractivity contribution is 5.83. The third-order valence-electron chi connectivity index (χ3n) is 3.88. The number of aldehydes is 1. The Morgan fingerprint density at radius 3 is 2.87 bits per heavy atom. The number of benzene rings is 1. The number of carbonyl (C=O) groups excluding carboxylic acids is 1. The molecule has 0 unspecified atom stereocenters. The number of hydrogen-bond acceptors (Lipinski definition) is 5. The van der Waals surface area contributed by atoms with Gasteiger partial charge in [0, 0.05) is 19.0 Å². The Balaban J connectivity index is 2.10. The van der Waals surface area contributed by atoms with Crippen LogP contribution in [0.5, 0.6) is 0 Å². The van der Waals surface area contributed by atoms with Gasteiger partial charge < -0.3 is 4.79 Å². The topological polar surface area (TPSA) is 84.5 Å². The first kappa shape index (κ1) is 14.9. The maximum Gasteiger partial charge on any atom is 0.170 e. The van der Waals surface area contributed by atoms with E-state index < -0.39 is 0 Å². The van der Waals surface area contributed by atoms with Gasteiger partial charge in [0.15, 0.2) is 5.69 Å². The third kappa shape index (κ3) is 2.69. The normalized spacial score (nSPS) is 10.7. The van der Waals surface area contributed by atoms with Crippen molar-refractivity contribution >= 4 is 17.3 Å². The molecule has 0 radical (unpaired) electrons. The molecule has 0 aliphatic heterocycles. The standard InChI is InChI=1S/C17H15N5O/c1-11-8-13(6-5-12(11)4-3-7-23)14-9-16-17(15(10-18)19-14)20-21-22(16)2/h5-9H,3-4H2,1-2H3. The van der Waals surface area contributed by atoms with Crippen LogP contribution in [-0.2, 0) is 18.3 Å². The van der Waals surface area contributed by atoms with E-state index in [1.165, 1.54) is 0 Å². The molecular formula is C17H15N5O. The fraction of sp³-hybridized carbons (Fsp3) is 0.235. The number of hydrogen-bond donors (Lipinski definition) is 0. The number of aromatic nitrogens is 4. The van der Waals surface area contributed by atoms with E-state index >= 15 is 0 Å². The average molecular weight is 305 g/mol. The van der Waals surface area contributed by atoms with Gasteiger partial charge >= 0.3 is 0 Å². The van der Waals surface area contributed by atoms with Gasteiger partial charge in [0.25, 0.3) is 0 Å². The van der Waals surface area contributed by atoms with Crippen molar-refractivity contribution in [1.82, 2.24) is 20.0 Å². The van der Waals surface area contributed by atoms with Gasteiger partial charge in [0.2, 0.25) is 0 Å². The fourth-order valence-corrected chi connectivity index (χ4v) is 2.61. The SMILES string of the molecule is Cc1cc(-c2cc3c(nnn3C)c(C#N)n2)ccc1CCC=O. The lowest BCUT2D eigenvalue weighted by Gasteiger charge is -2.08. The molecule has 3 aromatic rings. The quantitative estimate of drug-likeness (QED) is 0.691. The monoisotopic (exact) mass is 305 g/mol. The van der Waals surface area contributed by atoms with E-state index in [2.05, 4.69) is 21.4 Å². The van der Waals surface area contributed by atoms with Crippen molar-refractivity contribution in [1.29, 1.82) is 5.26 Å². The minimum atomic E-state index is 0.272. The van der Waals surface area contributed by atoms with Gasteiger partial charge in [-0.1, -0.05) is 17.3 Å². The molecule has 0 saturated carbocycles. The molecule has 6 heteroatoms. The predicted octanol–water partition coefficient (Wildman–Crippen LogP) is 2.34. The first-order valence-electron chi connectivity index (χ1n) is 7.28. The first-order chi connectivity index (χ1) is 11.1. The summed E-state index contributed by atoms with van der Waals surface area (Å²) in [6.45, 7) is 2.01. The number of nitriles is 1. The molecule has 0 saturated heterocycles. The summed E-state index contributed by atoms with van der Waals surface area (Å²) in [5.74, 6) is 0. The molecule has 0 aliphatic rings. The molecule has 2 aromatic heterocycles. The number of fused-ring (bicyclic) bond motifs is 1. The summed E-state index contributed by atoms with van der Waals surface area (Å²) in [6, 6.07) is 9.97. The lowest BCUT2D eigenvalue weighted by atomic mass is 9.99. The summed E-state index contributed by atoms with van der Waals surface area (Å²) >= 11 is 0. The van der Waals surface area contributed by atoms with Crippen LogP contribution in [-0.4, -0.2) is 26.3 Å². The molecule has 23 heavy (non-hydrogen) atoms. The van der Waals surface area contributed by atoms with E-state index in [-0.39, 0.29) is 5.69 Å². The number of pyridine rings is 1. The molecule has 3 rings (SSSR count). The van der Waals surface area contributed by atoms with Crippen molar-refractivity contribution < 1.29 is 4.79 Å². The number of aryl methyl sites for hydroxylation is 3. The van der Waals surface area contributed by atoms with Crippen LogP contribution in [0.3, 0.4) is 0 Å². The zero-order valence-electron chi connectivity index (χ0n) is 12.9. The second-order valence-corrected chi connectivity index (χ2v) is 5.40. The van der Waals surface area contributed by atoms with Crippen LogP contribution >= 0.6 is 0 Å². The smallest absolute Gasteiger partial charge is 0.170 e. The Labute approximate surface area is 133 Å². The lowest BCUT2D eigenvalue weighted by Crippen LogP contribution is -1.95. The van der Waals surface area contributed by atoms with Crippen LogP contribution in [0.25, 0.3) is 22.3 Å². The molecule has 6 nitrogen and oxygen atoms in total. The van der Waals surface area contributed by atoms with Gasteiger partial charge in [-0.25, -0.2) is 9.67 Å². The number of rotatable bonds is 4. The molecule has 0 aliphatic carbocycles. The zero-order valence-corrected chi connectivity index (χ0v) is 12.9. The molecule has 114 valence electrons. The Morgan fingerprint density at radius 2 is 2.17 bits per heavy atom. The van der Waals surface area contributed by atoms with Crippen LogP contribution in [0.4, 0.5) is 0 Å².